The van der Waals surface area contributed by atoms with Gasteiger partial charge in [0.1, 0.15) is 23.3 Å². The van der Waals surface area contributed by atoms with Crippen molar-refractivity contribution in [2.24, 2.45) is 0 Å². The normalized spacial score (nSPS) is 19.0. The minimum atomic E-state index is -3.65. The summed E-state index contributed by atoms with van der Waals surface area (Å²) in [5, 5.41) is 10.8. The highest BCUT2D eigenvalue weighted by atomic mass is 19.3. The van der Waals surface area contributed by atoms with E-state index >= 15 is 4.39 Å². The van der Waals surface area contributed by atoms with Crippen LogP contribution < -0.4 is 35.8 Å². The van der Waals surface area contributed by atoms with E-state index in [4.69, 9.17) is 9.47 Å². The van der Waals surface area contributed by atoms with Crippen LogP contribution in [0.3, 0.4) is 0 Å². The predicted molar refractivity (Wildman–Crippen MR) is 206 cm³/mol. The summed E-state index contributed by atoms with van der Waals surface area (Å²) in [6.07, 6.45) is 4.84. The van der Waals surface area contributed by atoms with Gasteiger partial charge in [-0.15, -0.1) is 0 Å². The number of alkyl halides is 2. The van der Waals surface area contributed by atoms with E-state index in [0.29, 0.717) is 31.5 Å². The molecular weight excluding hydrogens is 779 g/mol. The molecule has 312 valence electrons. The molecule has 3 aliphatic heterocycles. The van der Waals surface area contributed by atoms with Crippen molar-refractivity contribution in [1.82, 2.24) is 25.5 Å². The number of carbonyl (C=O) groups excluding carboxylic acids is 6. The number of carbonyl (C=O) groups is 6. The zero-order chi connectivity index (χ0) is 42.0. The fourth-order valence-electron chi connectivity index (χ4n) is 7.71. The maximum atomic E-state index is 15.4. The molecule has 2 aromatic carbocycles. The highest BCUT2D eigenvalue weighted by Gasteiger charge is 2.49. The number of halogens is 3. The van der Waals surface area contributed by atoms with E-state index in [1.54, 1.807) is 12.1 Å². The standard InChI is InChI=1S/C39H42F3N9O8/c1-49-28-19-45-38(48-32(28)50(21-7-3-4-8-21)20-39(41,42)37(49)57)46-26-18-24(40)23(17-29(26)58-2)33(53)44-14-16-59-15-6-13-43-25-10-5-9-22-31(25)36(56)51(35(22)55)27-11-12-30(52)47-34(27)54/h5,9-10,17-19,21,27,43H,3-4,6-8,11-16,20H2,1-2H3,(H,44,53)(H,45,46,48)(H,47,52,54). The Morgan fingerprint density at radius 2 is 1.80 bits per heavy atom. The maximum Gasteiger partial charge on any atom is 0.342 e. The van der Waals surface area contributed by atoms with Crippen LogP contribution in [-0.4, -0.2) is 115 Å². The molecule has 4 N–H and O–H groups in total. The third-order valence-corrected chi connectivity index (χ3v) is 10.7. The van der Waals surface area contributed by atoms with Crippen molar-refractivity contribution in [3.63, 3.8) is 0 Å². The molecule has 1 saturated heterocycles. The number of hydrogen-bond acceptors (Lipinski definition) is 13. The SMILES string of the molecule is COc1cc(C(=O)NCCOCCCNc2cccc3c2C(=O)N(C2CCC(=O)NC2=O)C3=O)c(F)cc1Nc1ncc2c(n1)N(C1CCCC1)CC(F)(F)C(=O)N2C. The molecule has 1 aliphatic carbocycles. The van der Waals surface area contributed by atoms with Gasteiger partial charge < -0.3 is 35.2 Å². The molecule has 17 nitrogen and oxygen atoms in total. The Kier molecular flexibility index (Phi) is 11.7. The molecule has 20 heteroatoms. The van der Waals surface area contributed by atoms with Crippen LogP contribution in [0.2, 0.25) is 0 Å². The summed E-state index contributed by atoms with van der Waals surface area (Å²) in [6, 6.07) is 5.68. The Labute approximate surface area is 336 Å². The number of methoxy groups -OCH3 is 1. The Balaban J connectivity index is 0.904. The average molecular weight is 822 g/mol. The molecule has 0 spiro atoms. The van der Waals surface area contributed by atoms with Gasteiger partial charge in [-0.05, 0) is 43.9 Å². The minimum absolute atomic E-state index is 0.0177. The predicted octanol–water partition coefficient (Wildman–Crippen LogP) is 3.38. The van der Waals surface area contributed by atoms with Gasteiger partial charge in [-0.1, -0.05) is 18.9 Å². The van der Waals surface area contributed by atoms with E-state index in [9.17, 15) is 37.5 Å². The highest BCUT2D eigenvalue weighted by Crippen LogP contribution is 2.40. The summed E-state index contributed by atoms with van der Waals surface area (Å²) in [5.74, 6) is -8.86. The lowest BCUT2D eigenvalue weighted by Crippen LogP contribution is -2.54. The summed E-state index contributed by atoms with van der Waals surface area (Å²) >= 11 is 0. The lowest BCUT2D eigenvalue weighted by Gasteiger charge is -2.31. The number of nitrogens with one attached hydrogen (secondary N) is 4. The van der Waals surface area contributed by atoms with Crippen LogP contribution >= 0.6 is 0 Å². The summed E-state index contributed by atoms with van der Waals surface area (Å²) in [4.78, 5) is 87.7. The monoisotopic (exact) mass is 821 g/mol. The average Bonchev–Trinajstić information content (AvgIpc) is 3.82. The molecule has 0 bridgehead atoms. The van der Waals surface area contributed by atoms with Crippen LogP contribution in [0, 0.1) is 5.82 Å². The summed E-state index contributed by atoms with van der Waals surface area (Å²) in [5.41, 5.74) is 0.588. The highest BCUT2D eigenvalue weighted by molar-refractivity contribution is 6.25. The molecule has 4 aliphatic rings. The summed E-state index contributed by atoms with van der Waals surface area (Å²) in [6.45, 7) is -0.0836. The molecule has 4 heterocycles. The Hall–Kier alpha value is -6.31. The zero-order valence-electron chi connectivity index (χ0n) is 32.2. The first-order valence-electron chi connectivity index (χ1n) is 19.2. The number of piperidine rings is 1. The largest absolute Gasteiger partial charge is 0.495 e. The van der Waals surface area contributed by atoms with E-state index in [2.05, 4.69) is 31.2 Å². The van der Waals surface area contributed by atoms with Gasteiger partial charge in [-0.25, -0.2) is 9.37 Å². The third-order valence-electron chi connectivity index (χ3n) is 10.7. The van der Waals surface area contributed by atoms with E-state index < -0.39 is 59.8 Å². The first-order chi connectivity index (χ1) is 28.3. The zero-order valence-corrected chi connectivity index (χ0v) is 32.2. The number of fused-ring (bicyclic) bond motifs is 2. The van der Waals surface area contributed by atoms with Gasteiger partial charge in [0.15, 0.2) is 5.82 Å². The Morgan fingerprint density at radius 1 is 1.02 bits per heavy atom. The van der Waals surface area contributed by atoms with Crippen LogP contribution in [-0.2, 0) is 19.1 Å². The third kappa shape index (κ3) is 8.21. The number of ether oxygens (including phenoxy) is 2. The van der Waals surface area contributed by atoms with Crippen LogP contribution in [0.15, 0.2) is 36.5 Å². The molecule has 1 atom stereocenters. The first kappa shape index (κ1) is 40.9. The second-order valence-corrected chi connectivity index (χ2v) is 14.5. The van der Waals surface area contributed by atoms with Gasteiger partial charge in [-0.2, -0.15) is 13.8 Å². The molecule has 59 heavy (non-hydrogen) atoms. The molecule has 3 aromatic rings. The molecule has 1 saturated carbocycles. The van der Waals surface area contributed by atoms with Crippen molar-refractivity contribution in [2.45, 2.75) is 63.0 Å². The van der Waals surface area contributed by atoms with Crippen molar-refractivity contribution in [2.75, 3.05) is 67.4 Å². The van der Waals surface area contributed by atoms with Crippen LogP contribution in [0.1, 0.15) is 76.0 Å². The van der Waals surface area contributed by atoms with Crippen LogP contribution in [0.25, 0.3) is 0 Å². The number of imide groups is 2. The van der Waals surface area contributed by atoms with Crippen molar-refractivity contribution in [3.05, 3.63) is 59.0 Å². The number of nitrogens with zero attached hydrogens (tertiary/aromatic N) is 5. The van der Waals surface area contributed by atoms with Crippen LogP contribution in [0.4, 0.5) is 42.0 Å². The van der Waals surface area contributed by atoms with E-state index in [1.807, 2.05) is 0 Å². The smallest absolute Gasteiger partial charge is 0.342 e. The fraction of sp³-hybridized carbons (Fsp3) is 0.436. The summed E-state index contributed by atoms with van der Waals surface area (Å²) in [7, 11) is 2.57. The molecular formula is C39H42F3N9O8. The minimum Gasteiger partial charge on any atom is -0.495 e. The molecule has 6 amide bonds. The van der Waals surface area contributed by atoms with Crippen molar-refractivity contribution < 1.29 is 51.4 Å². The second-order valence-electron chi connectivity index (χ2n) is 14.5. The molecule has 0 radical (unpaired) electrons. The number of rotatable bonds is 14. The summed E-state index contributed by atoms with van der Waals surface area (Å²) < 4.78 is 56.4. The lowest BCUT2D eigenvalue weighted by atomic mass is 10.0. The number of aromatic nitrogens is 2. The van der Waals surface area contributed by atoms with Crippen molar-refractivity contribution in [1.29, 1.82) is 0 Å². The molecule has 1 unspecified atom stereocenters. The van der Waals surface area contributed by atoms with Gasteiger partial charge in [-0.3, -0.25) is 39.0 Å². The maximum absolute atomic E-state index is 15.4. The van der Waals surface area contributed by atoms with Gasteiger partial charge >= 0.3 is 5.92 Å². The van der Waals surface area contributed by atoms with E-state index in [0.717, 1.165) is 28.7 Å². The fourth-order valence-corrected chi connectivity index (χ4v) is 7.71. The molecule has 2 fully saturated rings. The number of amides is 6. The van der Waals surface area contributed by atoms with Gasteiger partial charge in [0.25, 0.3) is 23.6 Å². The van der Waals surface area contributed by atoms with Crippen LogP contribution in [0.5, 0.6) is 5.75 Å². The quantitative estimate of drug-likeness (QED) is 0.136. The second kappa shape index (κ2) is 16.9. The number of benzene rings is 2. The lowest BCUT2D eigenvalue weighted by molar-refractivity contribution is -0.140. The first-order valence-corrected chi connectivity index (χ1v) is 19.2. The van der Waals surface area contributed by atoms with Gasteiger partial charge in [0, 0.05) is 51.0 Å². The molecule has 1 aromatic heterocycles. The molecule has 7 rings (SSSR count). The van der Waals surface area contributed by atoms with E-state index in [-0.39, 0.29) is 84.2 Å². The Bertz CT molecular complexity index is 2200. The Morgan fingerprint density at radius 3 is 2.54 bits per heavy atom. The van der Waals surface area contributed by atoms with Crippen molar-refractivity contribution in [3.8, 4) is 5.75 Å². The van der Waals surface area contributed by atoms with Gasteiger partial charge in [0.05, 0.1) is 48.8 Å². The number of anilines is 5. The van der Waals surface area contributed by atoms with E-state index in [1.165, 1.54) is 37.4 Å². The topological polar surface area (TPSA) is 204 Å². The number of hydrogen-bond donors (Lipinski definition) is 4. The van der Waals surface area contributed by atoms with Crippen molar-refractivity contribution >= 4 is 64.3 Å². The van der Waals surface area contributed by atoms with Gasteiger partial charge in [0.2, 0.25) is 17.8 Å².